The summed E-state index contributed by atoms with van der Waals surface area (Å²) in [5.41, 5.74) is 2.71. The molecule has 0 unspecified atom stereocenters. The molecule has 0 atom stereocenters. The Bertz CT molecular complexity index is 328. The van der Waals surface area contributed by atoms with E-state index in [9.17, 15) is 0 Å². The van der Waals surface area contributed by atoms with Gasteiger partial charge in [0.15, 0.2) is 0 Å². The van der Waals surface area contributed by atoms with Crippen LogP contribution in [0.1, 0.15) is 36.7 Å². The fraction of sp³-hybridized carbons (Fsp3) is 0.556. The quantitative estimate of drug-likeness (QED) is 0.632. The first kappa shape index (κ1) is 8.79. The number of rotatable bonds is 1. The molecule has 0 radical (unpaired) electrons. The van der Waals surface area contributed by atoms with Gasteiger partial charge < -0.3 is 0 Å². The minimum Gasteiger partial charge on any atom is -0.257 e. The van der Waals surface area contributed by atoms with E-state index in [4.69, 9.17) is 5.26 Å². The number of aryl methyl sites for hydroxylation is 2. The lowest BCUT2D eigenvalue weighted by molar-refractivity contribution is 0.744. The predicted octanol–water partition coefficient (Wildman–Crippen LogP) is 1.72. The van der Waals surface area contributed by atoms with Crippen molar-refractivity contribution in [3.63, 3.8) is 0 Å². The van der Waals surface area contributed by atoms with E-state index < -0.39 is 0 Å². The van der Waals surface area contributed by atoms with Crippen LogP contribution < -0.4 is 0 Å². The van der Waals surface area contributed by atoms with E-state index in [1.807, 2.05) is 6.92 Å². The summed E-state index contributed by atoms with van der Waals surface area (Å²) in [4.78, 5) is 0. The van der Waals surface area contributed by atoms with Crippen molar-refractivity contribution in [1.29, 1.82) is 5.26 Å². The molecule has 1 heterocycles. The summed E-state index contributed by atoms with van der Waals surface area (Å²) in [6, 6.07) is 2.17. The molecule has 1 rings (SSSR count). The molecular formula is C9H13N3. The number of hydrogen-bond acceptors (Lipinski definition) is 2. The maximum absolute atomic E-state index is 8.85. The van der Waals surface area contributed by atoms with Crippen LogP contribution >= 0.6 is 0 Å². The zero-order valence-corrected chi connectivity index (χ0v) is 7.92. The van der Waals surface area contributed by atoms with Crippen LogP contribution in [0.3, 0.4) is 0 Å². The Morgan fingerprint density at radius 3 is 2.42 bits per heavy atom. The van der Waals surface area contributed by atoms with Crippen molar-refractivity contribution in [2.75, 3.05) is 0 Å². The Hall–Kier alpha value is -1.30. The maximum atomic E-state index is 8.85. The van der Waals surface area contributed by atoms with Crippen LogP contribution in [0.2, 0.25) is 0 Å². The van der Waals surface area contributed by atoms with E-state index in [0.717, 1.165) is 11.3 Å². The molecule has 0 spiro atoms. The second-order valence-corrected chi connectivity index (χ2v) is 3.24. The van der Waals surface area contributed by atoms with Crippen LogP contribution in [0, 0.1) is 18.3 Å². The van der Waals surface area contributed by atoms with E-state index in [0.29, 0.717) is 11.6 Å². The molecular weight excluding hydrogens is 150 g/mol. The Kier molecular flexibility index (Phi) is 2.18. The van der Waals surface area contributed by atoms with Crippen molar-refractivity contribution in [2.45, 2.75) is 26.7 Å². The van der Waals surface area contributed by atoms with Gasteiger partial charge in [0.05, 0.1) is 5.69 Å². The highest BCUT2D eigenvalue weighted by atomic mass is 15.3. The molecule has 0 saturated heterocycles. The van der Waals surface area contributed by atoms with Gasteiger partial charge in [-0.3, -0.25) is 4.68 Å². The van der Waals surface area contributed by atoms with Crippen LogP contribution in [0.15, 0.2) is 0 Å². The summed E-state index contributed by atoms with van der Waals surface area (Å²) in [7, 11) is 1.80. The first-order valence-corrected chi connectivity index (χ1v) is 4.01. The van der Waals surface area contributed by atoms with Gasteiger partial charge in [-0.1, -0.05) is 13.8 Å². The summed E-state index contributed by atoms with van der Waals surface area (Å²) in [5, 5.41) is 13.0. The Morgan fingerprint density at radius 1 is 1.50 bits per heavy atom. The maximum Gasteiger partial charge on any atom is 0.141 e. The predicted molar refractivity (Wildman–Crippen MR) is 46.7 cm³/mol. The van der Waals surface area contributed by atoms with E-state index >= 15 is 0 Å². The highest BCUT2D eigenvalue weighted by Crippen LogP contribution is 2.21. The molecule has 0 saturated carbocycles. The number of nitriles is 1. The third-order valence-corrected chi connectivity index (χ3v) is 1.95. The minimum atomic E-state index is 0.369. The third-order valence-electron chi connectivity index (χ3n) is 1.95. The molecule has 0 aromatic carbocycles. The molecule has 3 heteroatoms. The normalized spacial score (nSPS) is 10.3. The lowest BCUT2D eigenvalue weighted by Gasteiger charge is -2.02. The highest BCUT2D eigenvalue weighted by molar-refractivity contribution is 5.37. The fourth-order valence-corrected chi connectivity index (χ4v) is 1.50. The van der Waals surface area contributed by atoms with Crippen molar-refractivity contribution in [1.82, 2.24) is 9.78 Å². The van der Waals surface area contributed by atoms with Gasteiger partial charge in [-0.15, -0.1) is 0 Å². The van der Waals surface area contributed by atoms with Gasteiger partial charge in [0.2, 0.25) is 0 Å². The van der Waals surface area contributed by atoms with Gasteiger partial charge in [-0.05, 0) is 12.8 Å². The van der Waals surface area contributed by atoms with Crippen molar-refractivity contribution in [3.05, 3.63) is 17.0 Å². The lowest BCUT2D eigenvalue weighted by Crippen LogP contribution is -1.96. The van der Waals surface area contributed by atoms with Crippen LogP contribution in [0.25, 0.3) is 0 Å². The molecule has 1 aromatic rings. The van der Waals surface area contributed by atoms with Gasteiger partial charge in [0, 0.05) is 12.6 Å². The lowest BCUT2D eigenvalue weighted by atomic mass is 10.0. The van der Waals surface area contributed by atoms with E-state index in [1.165, 1.54) is 0 Å². The molecule has 0 fully saturated rings. The van der Waals surface area contributed by atoms with Gasteiger partial charge in [-0.25, -0.2) is 0 Å². The van der Waals surface area contributed by atoms with Crippen LogP contribution in [-0.2, 0) is 7.05 Å². The number of hydrogen-bond donors (Lipinski definition) is 0. The monoisotopic (exact) mass is 163 g/mol. The highest BCUT2D eigenvalue weighted by Gasteiger charge is 2.14. The van der Waals surface area contributed by atoms with Gasteiger partial charge >= 0.3 is 0 Å². The summed E-state index contributed by atoms with van der Waals surface area (Å²) in [6.45, 7) is 6.09. The molecule has 0 aliphatic rings. The van der Waals surface area contributed by atoms with Gasteiger partial charge in [0.25, 0.3) is 0 Å². The molecule has 0 N–H and O–H groups in total. The van der Waals surface area contributed by atoms with Crippen LogP contribution in [0.4, 0.5) is 0 Å². The van der Waals surface area contributed by atoms with E-state index in [-0.39, 0.29) is 0 Å². The molecule has 0 aliphatic carbocycles. The SMILES string of the molecule is Cc1nn(C)c(C#N)c1C(C)C. The smallest absolute Gasteiger partial charge is 0.141 e. The molecule has 0 bridgehead atoms. The minimum absolute atomic E-state index is 0.369. The zero-order valence-electron chi connectivity index (χ0n) is 7.92. The molecule has 0 amide bonds. The van der Waals surface area contributed by atoms with E-state index in [2.05, 4.69) is 25.0 Å². The first-order valence-electron chi connectivity index (χ1n) is 4.01. The average molecular weight is 163 g/mol. The molecule has 12 heavy (non-hydrogen) atoms. The molecule has 3 nitrogen and oxygen atoms in total. The summed E-state index contributed by atoms with van der Waals surface area (Å²) >= 11 is 0. The largest absolute Gasteiger partial charge is 0.257 e. The third kappa shape index (κ3) is 1.20. The van der Waals surface area contributed by atoms with E-state index in [1.54, 1.807) is 11.7 Å². The fourth-order valence-electron chi connectivity index (χ4n) is 1.50. The first-order chi connectivity index (χ1) is 5.57. The van der Waals surface area contributed by atoms with Crippen molar-refractivity contribution in [3.8, 4) is 6.07 Å². The van der Waals surface area contributed by atoms with Crippen molar-refractivity contribution in [2.24, 2.45) is 7.05 Å². The Labute approximate surface area is 72.6 Å². The Morgan fingerprint density at radius 2 is 2.08 bits per heavy atom. The summed E-state index contributed by atoms with van der Waals surface area (Å²) in [6.07, 6.45) is 0. The second kappa shape index (κ2) is 2.98. The topological polar surface area (TPSA) is 41.6 Å². The van der Waals surface area contributed by atoms with Gasteiger partial charge in [-0.2, -0.15) is 10.4 Å². The summed E-state index contributed by atoms with van der Waals surface area (Å²) < 4.78 is 1.64. The zero-order chi connectivity index (χ0) is 9.30. The molecule has 64 valence electrons. The average Bonchev–Trinajstić information content (AvgIpc) is 2.24. The van der Waals surface area contributed by atoms with Crippen molar-refractivity contribution < 1.29 is 0 Å². The van der Waals surface area contributed by atoms with Crippen LogP contribution in [0.5, 0.6) is 0 Å². The molecule has 0 aliphatic heterocycles. The number of nitrogens with zero attached hydrogens (tertiary/aromatic N) is 3. The number of aromatic nitrogens is 2. The standard InChI is InChI=1S/C9H13N3/c1-6(2)9-7(3)11-12(4)8(9)5-10/h6H,1-4H3. The van der Waals surface area contributed by atoms with Crippen LogP contribution in [-0.4, -0.2) is 9.78 Å². The van der Waals surface area contributed by atoms with Crippen molar-refractivity contribution >= 4 is 0 Å². The summed E-state index contributed by atoms with van der Waals surface area (Å²) in [5.74, 6) is 0.369. The molecule has 1 aromatic heterocycles. The Balaban J connectivity index is 3.35. The van der Waals surface area contributed by atoms with Gasteiger partial charge in [0.1, 0.15) is 11.8 Å². The second-order valence-electron chi connectivity index (χ2n) is 3.24.